The normalized spacial score (nSPS) is 9.46. The van der Waals surface area contributed by atoms with E-state index in [1.165, 1.54) is 13.3 Å². The van der Waals surface area contributed by atoms with E-state index in [9.17, 15) is 4.79 Å². The van der Waals surface area contributed by atoms with Gasteiger partial charge in [0.2, 0.25) is 0 Å². The molecular formula is C8H11N3O2. The zero-order valence-electron chi connectivity index (χ0n) is 7.81. The Morgan fingerprint density at radius 3 is 2.69 bits per heavy atom. The molecule has 0 aromatic carbocycles. The monoisotopic (exact) mass is 181 g/mol. The number of carbonyl (C=O) groups excluding carboxylic acids is 1. The third kappa shape index (κ3) is 2.14. The van der Waals surface area contributed by atoms with Gasteiger partial charge in [-0.3, -0.25) is 4.98 Å². The highest BCUT2D eigenvalue weighted by atomic mass is 16.5. The van der Waals surface area contributed by atoms with Crippen LogP contribution < -0.4 is 4.90 Å². The number of hydrogen-bond donors (Lipinski definition) is 0. The molecule has 0 bridgehead atoms. The van der Waals surface area contributed by atoms with E-state index in [0.29, 0.717) is 5.82 Å². The van der Waals surface area contributed by atoms with Gasteiger partial charge in [0.25, 0.3) is 0 Å². The van der Waals surface area contributed by atoms with Crippen LogP contribution in [0.25, 0.3) is 0 Å². The van der Waals surface area contributed by atoms with Gasteiger partial charge in [-0.05, 0) is 0 Å². The van der Waals surface area contributed by atoms with E-state index in [1.807, 2.05) is 14.1 Å². The zero-order chi connectivity index (χ0) is 9.84. The molecule has 0 aliphatic rings. The molecule has 0 spiro atoms. The molecular weight excluding hydrogens is 170 g/mol. The number of ether oxygens (including phenoxy) is 1. The first-order chi connectivity index (χ1) is 6.15. The molecule has 1 rings (SSSR count). The van der Waals surface area contributed by atoms with E-state index < -0.39 is 5.97 Å². The molecule has 0 aliphatic carbocycles. The van der Waals surface area contributed by atoms with Crippen LogP contribution in [-0.2, 0) is 4.74 Å². The van der Waals surface area contributed by atoms with Gasteiger partial charge in [0.15, 0.2) is 5.69 Å². The Kier molecular flexibility index (Phi) is 2.79. The van der Waals surface area contributed by atoms with E-state index in [4.69, 9.17) is 0 Å². The van der Waals surface area contributed by atoms with Gasteiger partial charge in [-0.15, -0.1) is 0 Å². The quantitative estimate of drug-likeness (QED) is 0.615. The number of esters is 1. The topological polar surface area (TPSA) is 55.3 Å². The molecule has 0 saturated heterocycles. The smallest absolute Gasteiger partial charge is 0.358 e. The summed E-state index contributed by atoms with van der Waals surface area (Å²) >= 11 is 0. The number of aromatic nitrogens is 2. The Morgan fingerprint density at radius 2 is 2.15 bits per heavy atom. The van der Waals surface area contributed by atoms with Gasteiger partial charge in [0.05, 0.1) is 19.5 Å². The molecule has 1 heterocycles. The fraction of sp³-hybridized carbons (Fsp3) is 0.375. The lowest BCUT2D eigenvalue weighted by Gasteiger charge is -2.10. The predicted octanol–water partition coefficient (Wildman–Crippen LogP) is 0.329. The van der Waals surface area contributed by atoms with Crippen molar-refractivity contribution in [1.29, 1.82) is 0 Å². The lowest BCUT2D eigenvalue weighted by atomic mass is 10.4. The summed E-state index contributed by atoms with van der Waals surface area (Å²) in [6, 6.07) is 0. The van der Waals surface area contributed by atoms with Crippen LogP contribution in [0.2, 0.25) is 0 Å². The van der Waals surface area contributed by atoms with E-state index in [1.54, 1.807) is 11.1 Å². The SMILES string of the molecule is COC(=O)c1cncc(N(C)C)n1. The second kappa shape index (κ2) is 3.84. The third-order valence-electron chi connectivity index (χ3n) is 1.47. The maximum Gasteiger partial charge on any atom is 0.358 e. The standard InChI is InChI=1S/C8H11N3O2/c1-11(2)7-5-9-4-6(10-7)8(12)13-3/h4-5H,1-3H3. The molecule has 0 N–H and O–H groups in total. The summed E-state index contributed by atoms with van der Waals surface area (Å²) in [5.41, 5.74) is 0.216. The highest BCUT2D eigenvalue weighted by Crippen LogP contribution is 2.05. The summed E-state index contributed by atoms with van der Waals surface area (Å²) in [4.78, 5) is 20.7. The molecule has 13 heavy (non-hydrogen) atoms. The minimum atomic E-state index is -0.476. The number of methoxy groups -OCH3 is 1. The predicted molar refractivity (Wildman–Crippen MR) is 47.7 cm³/mol. The average Bonchev–Trinajstić information content (AvgIpc) is 2.17. The Labute approximate surface area is 76.4 Å². The number of rotatable bonds is 2. The molecule has 0 atom stereocenters. The van der Waals surface area contributed by atoms with Gasteiger partial charge in [-0.25, -0.2) is 9.78 Å². The molecule has 0 aliphatic heterocycles. The summed E-state index contributed by atoms with van der Waals surface area (Å²) in [6.45, 7) is 0. The van der Waals surface area contributed by atoms with Crippen molar-refractivity contribution in [3.8, 4) is 0 Å². The molecule has 0 amide bonds. The van der Waals surface area contributed by atoms with Crippen LogP contribution in [0, 0.1) is 0 Å². The Bertz CT molecular complexity index is 312. The number of anilines is 1. The molecule has 5 heteroatoms. The summed E-state index contributed by atoms with van der Waals surface area (Å²) in [6.07, 6.45) is 2.95. The molecule has 70 valence electrons. The molecule has 1 aromatic rings. The number of nitrogens with zero attached hydrogens (tertiary/aromatic N) is 3. The van der Waals surface area contributed by atoms with E-state index >= 15 is 0 Å². The largest absolute Gasteiger partial charge is 0.464 e. The minimum Gasteiger partial charge on any atom is -0.464 e. The van der Waals surface area contributed by atoms with Crippen molar-refractivity contribution in [2.24, 2.45) is 0 Å². The van der Waals surface area contributed by atoms with Crippen LogP contribution in [0.3, 0.4) is 0 Å². The Morgan fingerprint density at radius 1 is 1.46 bits per heavy atom. The zero-order valence-corrected chi connectivity index (χ0v) is 7.81. The number of hydrogen-bond acceptors (Lipinski definition) is 5. The number of carbonyl (C=O) groups is 1. The maximum absolute atomic E-state index is 11.0. The fourth-order valence-corrected chi connectivity index (χ4v) is 0.774. The van der Waals surface area contributed by atoms with Gasteiger partial charge >= 0.3 is 5.97 Å². The van der Waals surface area contributed by atoms with Crippen molar-refractivity contribution in [1.82, 2.24) is 9.97 Å². The van der Waals surface area contributed by atoms with Crippen LogP contribution >= 0.6 is 0 Å². The first-order valence-corrected chi connectivity index (χ1v) is 3.73. The lowest BCUT2D eigenvalue weighted by Crippen LogP contribution is -2.14. The van der Waals surface area contributed by atoms with E-state index in [2.05, 4.69) is 14.7 Å². The van der Waals surface area contributed by atoms with Crippen LogP contribution in [-0.4, -0.2) is 37.1 Å². The molecule has 0 unspecified atom stereocenters. The highest BCUT2D eigenvalue weighted by Gasteiger charge is 2.08. The van der Waals surface area contributed by atoms with Crippen molar-refractivity contribution in [3.05, 3.63) is 18.1 Å². The van der Waals surface area contributed by atoms with Crippen molar-refractivity contribution in [3.63, 3.8) is 0 Å². The van der Waals surface area contributed by atoms with Gasteiger partial charge in [-0.2, -0.15) is 0 Å². The van der Waals surface area contributed by atoms with Gasteiger partial charge in [-0.1, -0.05) is 0 Å². The average molecular weight is 181 g/mol. The first kappa shape index (κ1) is 9.44. The summed E-state index contributed by atoms with van der Waals surface area (Å²) in [7, 11) is 4.96. The van der Waals surface area contributed by atoms with E-state index in [0.717, 1.165) is 0 Å². The van der Waals surface area contributed by atoms with Crippen molar-refractivity contribution >= 4 is 11.8 Å². The van der Waals surface area contributed by atoms with Gasteiger partial charge in [0, 0.05) is 14.1 Å². The first-order valence-electron chi connectivity index (χ1n) is 3.73. The van der Waals surface area contributed by atoms with Crippen LogP contribution in [0.15, 0.2) is 12.4 Å². The minimum absolute atomic E-state index is 0.216. The van der Waals surface area contributed by atoms with Gasteiger partial charge in [0.1, 0.15) is 5.82 Å². The van der Waals surface area contributed by atoms with Crippen molar-refractivity contribution < 1.29 is 9.53 Å². The summed E-state index contributed by atoms with van der Waals surface area (Å²) in [5, 5.41) is 0. The maximum atomic E-state index is 11.0. The second-order valence-electron chi connectivity index (χ2n) is 2.65. The molecule has 5 nitrogen and oxygen atoms in total. The lowest BCUT2D eigenvalue weighted by molar-refractivity contribution is 0.0593. The third-order valence-corrected chi connectivity index (χ3v) is 1.47. The summed E-state index contributed by atoms with van der Waals surface area (Å²) < 4.78 is 4.51. The Hall–Kier alpha value is -1.65. The van der Waals surface area contributed by atoms with Crippen LogP contribution in [0.1, 0.15) is 10.5 Å². The molecule has 1 aromatic heterocycles. The fourth-order valence-electron chi connectivity index (χ4n) is 0.774. The van der Waals surface area contributed by atoms with Crippen LogP contribution in [0.5, 0.6) is 0 Å². The van der Waals surface area contributed by atoms with E-state index in [-0.39, 0.29) is 5.69 Å². The Balaban J connectivity index is 2.98. The van der Waals surface area contributed by atoms with Crippen molar-refractivity contribution in [2.45, 2.75) is 0 Å². The second-order valence-corrected chi connectivity index (χ2v) is 2.65. The molecule has 0 saturated carbocycles. The van der Waals surface area contributed by atoms with Crippen LogP contribution in [0.4, 0.5) is 5.82 Å². The van der Waals surface area contributed by atoms with Gasteiger partial charge < -0.3 is 9.64 Å². The molecule has 0 radical (unpaired) electrons. The summed E-state index contributed by atoms with van der Waals surface area (Å²) in [5.74, 6) is 0.152. The highest BCUT2D eigenvalue weighted by molar-refractivity contribution is 5.87. The molecule has 0 fully saturated rings. The van der Waals surface area contributed by atoms with Crippen molar-refractivity contribution in [2.75, 3.05) is 26.1 Å².